The van der Waals surface area contributed by atoms with Gasteiger partial charge in [0.25, 0.3) is 5.56 Å². The first-order valence-electron chi connectivity index (χ1n) is 11.8. The van der Waals surface area contributed by atoms with Gasteiger partial charge in [0.05, 0.1) is 30.2 Å². The van der Waals surface area contributed by atoms with Gasteiger partial charge >= 0.3 is 0 Å². The van der Waals surface area contributed by atoms with Crippen LogP contribution in [0.4, 0.5) is 0 Å². The number of thiophene rings is 1. The first-order valence-corrected chi connectivity index (χ1v) is 12.6. The summed E-state index contributed by atoms with van der Waals surface area (Å²) in [6, 6.07) is 10.1. The van der Waals surface area contributed by atoms with Crippen LogP contribution in [-0.4, -0.2) is 44.8 Å². The fourth-order valence-electron chi connectivity index (χ4n) is 4.40. The molecule has 2 atom stereocenters. The summed E-state index contributed by atoms with van der Waals surface area (Å²) in [5.41, 5.74) is 1.99. The number of nitrogens with one attached hydrogen (secondary N) is 1. The summed E-state index contributed by atoms with van der Waals surface area (Å²) >= 11 is 1.67. The van der Waals surface area contributed by atoms with Gasteiger partial charge in [0.15, 0.2) is 0 Å². The Hall–Kier alpha value is -2.06. The molecule has 0 bridgehead atoms. The van der Waals surface area contributed by atoms with Crippen molar-refractivity contribution < 1.29 is 9.84 Å². The number of aryl methyl sites for hydroxylation is 1. The van der Waals surface area contributed by atoms with Crippen LogP contribution in [0.5, 0.6) is 0 Å². The Labute approximate surface area is 199 Å². The normalized spacial score (nSPS) is 17.5. The van der Waals surface area contributed by atoms with Gasteiger partial charge in [0.2, 0.25) is 0 Å². The van der Waals surface area contributed by atoms with Gasteiger partial charge in [-0.25, -0.2) is 4.98 Å². The van der Waals surface area contributed by atoms with Gasteiger partial charge in [0, 0.05) is 18.0 Å². The molecule has 6 nitrogen and oxygen atoms in total. The molecule has 1 aliphatic carbocycles. The zero-order valence-corrected chi connectivity index (χ0v) is 20.9. The topological polar surface area (TPSA) is 78.5 Å². The van der Waals surface area contributed by atoms with Crippen molar-refractivity contribution in [1.82, 2.24) is 14.9 Å². The molecule has 3 aromatic rings. The van der Waals surface area contributed by atoms with Gasteiger partial charge in [0.1, 0.15) is 10.7 Å². The van der Waals surface area contributed by atoms with Crippen molar-refractivity contribution in [3.8, 4) is 0 Å². The molecule has 0 radical (unpaired) electrons. The first-order chi connectivity index (χ1) is 15.7. The number of aliphatic hydroxyl groups is 1. The number of fused-ring (bicyclic) bond motifs is 3. The minimum Gasteiger partial charge on any atom is -0.389 e. The van der Waals surface area contributed by atoms with Crippen LogP contribution in [0.3, 0.4) is 0 Å². The molecule has 2 heterocycles. The molecule has 0 saturated heterocycles. The maximum atomic E-state index is 13.0. The van der Waals surface area contributed by atoms with Crippen molar-refractivity contribution in [1.29, 1.82) is 0 Å². The quantitative estimate of drug-likeness (QED) is 0.515. The molecular weight excluding hydrogens is 434 g/mol. The van der Waals surface area contributed by atoms with Crippen molar-refractivity contribution in [3.63, 3.8) is 0 Å². The lowest BCUT2D eigenvalue weighted by atomic mass is 9.89. The van der Waals surface area contributed by atoms with Gasteiger partial charge < -0.3 is 14.8 Å². The SMILES string of the molecule is C[C@@H]1CCc2c(sc3nc(CN(Cc4ccccc4)C[C@H](O)COC(C)(C)C)[nH]c(=O)c23)C1. The minimum atomic E-state index is -0.640. The molecule has 33 heavy (non-hydrogen) atoms. The number of aromatic nitrogens is 2. The maximum Gasteiger partial charge on any atom is 0.259 e. The second kappa shape index (κ2) is 10.1. The summed E-state index contributed by atoms with van der Waals surface area (Å²) in [7, 11) is 0. The highest BCUT2D eigenvalue weighted by Gasteiger charge is 2.24. The van der Waals surface area contributed by atoms with Gasteiger partial charge in [-0.1, -0.05) is 37.3 Å². The summed E-state index contributed by atoms with van der Waals surface area (Å²) in [6.07, 6.45) is 2.48. The number of hydrogen-bond acceptors (Lipinski definition) is 6. The van der Waals surface area contributed by atoms with Crippen LogP contribution in [0.1, 0.15) is 55.9 Å². The van der Waals surface area contributed by atoms with Crippen LogP contribution >= 0.6 is 11.3 Å². The molecule has 178 valence electrons. The third-order valence-corrected chi connectivity index (χ3v) is 7.16. The average molecular weight is 470 g/mol. The Kier molecular flexibility index (Phi) is 7.34. The second-order valence-corrected chi connectivity index (χ2v) is 11.4. The summed E-state index contributed by atoms with van der Waals surface area (Å²) in [5.74, 6) is 1.29. The lowest BCUT2D eigenvalue weighted by molar-refractivity contribution is -0.0574. The monoisotopic (exact) mass is 469 g/mol. The zero-order chi connectivity index (χ0) is 23.6. The molecule has 0 amide bonds. The van der Waals surface area contributed by atoms with Crippen LogP contribution < -0.4 is 5.56 Å². The van der Waals surface area contributed by atoms with Crippen molar-refractivity contribution in [2.24, 2.45) is 5.92 Å². The smallest absolute Gasteiger partial charge is 0.259 e. The van der Waals surface area contributed by atoms with E-state index in [1.165, 1.54) is 10.4 Å². The van der Waals surface area contributed by atoms with Crippen LogP contribution in [0.2, 0.25) is 0 Å². The number of nitrogens with zero attached hydrogens (tertiary/aromatic N) is 2. The third kappa shape index (κ3) is 6.29. The highest BCUT2D eigenvalue weighted by atomic mass is 32.1. The van der Waals surface area contributed by atoms with Gasteiger partial charge in [-0.05, 0) is 57.1 Å². The zero-order valence-electron chi connectivity index (χ0n) is 20.1. The molecule has 1 aliphatic rings. The molecule has 0 saturated carbocycles. The van der Waals surface area contributed by atoms with E-state index in [9.17, 15) is 9.90 Å². The Balaban J connectivity index is 1.56. The number of aromatic amines is 1. The van der Waals surface area contributed by atoms with Crippen molar-refractivity contribution in [2.75, 3.05) is 13.2 Å². The van der Waals surface area contributed by atoms with E-state index in [0.29, 0.717) is 31.4 Å². The van der Waals surface area contributed by atoms with Gasteiger partial charge in [-0.3, -0.25) is 9.69 Å². The van der Waals surface area contributed by atoms with E-state index in [-0.39, 0.29) is 17.8 Å². The first kappa shape index (κ1) is 24.1. The largest absolute Gasteiger partial charge is 0.389 e. The van der Waals surface area contributed by atoms with Crippen LogP contribution in [0.25, 0.3) is 10.2 Å². The predicted molar refractivity (Wildman–Crippen MR) is 134 cm³/mol. The van der Waals surface area contributed by atoms with Crippen LogP contribution in [0, 0.1) is 5.92 Å². The van der Waals surface area contributed by atoms with E-state index >= 15 is 0 Å². The van der Waals surface area contributed by atoms with E-state index in [2.05, 4.69) is 28.9 Å². The molecule has 1 aromatic carbocycles. The number of aliphatic hydroxyl groups excluding tert-OH is 1. The molecule has 0 unspecified atom stereocenters. The van der Waals surface area contributed by atoms with E-state index < -0.39 is 6.10 Å². The summed E-state index contributed by atoms with van der Waals surface area (Å²) in [5, 5.41) is 11.4. The minimum absolute atomic E-state index is 0.0432. The summed E-state index contributed by atoms with van der Waals surface area (Å²) in [6.45, 7) is 9.98. The van der Waals surface area contributed by atoms with E-state index in [1.54, 1.807) is 11.3 Å². The number of ether oxygens (including phenoxy) is 1. The van der Waals surface area contributed by atoms with E-state index in [1.807, 2.05) is 39.0 Å². The van der Waals surface area contributed by atoms with Crippen molar-refractivity contribution in [2.45, 2.75) is 71.8 Å². The van der Waals surface area contributed by atoms with Gasteiger partial charge in [-0.2, -0.15) is 0 Å². The summed E-state index contributed by atoms with van der Waals surface area (Å²) < 4.78 is 5.78. The fourth-order valence-corrected chi connectivity index (χ4v) is 5.81. The molecule has 0 fully saturated rings. The number of benzene rings is 1. The fraction of sp³-hybridized carbons (Fsp3) is 0.538. The number of H-pyrrole nitrogens is 1. The van der Waals surface area contributed by atoms with Gasteiger partial charge in [-0.15, -0.1) is 11.3 Å². The number of hydrogen-bond donors (Lipinski definition) is 2. The lowest BCUT2D eigenvalue weighted by Crippen LogP contribution is -2.37. The van der Waals surface area contributed by atoms with Crippen LogP contribution in [0.15, 0.2) is 35.1 Å². The molecule has 0 aliphatic heterocycles. The van der Waals surface area contributed by atoms with Crippen LogP contribution in [-0.2, 0) is 30.7 Å². The van der Waals surface area contributed by atoms with E-state index in [0.717, 1.165) is 35.0 Å². The predicted octanol–water partition coefficient (Wildman–Crippen LogP) is 4.29. The summed E-state index contributed by atoms with van der Waals surface area (Å²) in [4.78, 5) is 25.2. The number of rotatable bonds is 8. The van der Waals surface area contributed by atoms with E-state index in [4.69, 9.17) is 9.72 Å². The molecule has 2 aromatic heterocycles. The molecule has 7 heteroatoms. The Morgan fingerprint density at radius 3 is 2.76 bits per heavy atom. The maximum absolute atomic E-state index is 13.0. The van der Waals surface area contributed by atoms with Crippen molar-refractivity contribution >= 4 is 21.6 Å². The molecule has 0 spiro atoms. The second-order valence-electron chi connectivity index (χ2n) is 10.3. The Bertz CT molecular complexity index is 1130. The molecule has 4 rings (SSSR count). The molecular formula is C26H35N3O3S. The lowest BCUT2D eigenvalue weighted by Gasteiger charge is -2.27. The molecule has 2 N–H and O–H groups in total. The standard InChI is InChI=1S/C26H35N3O3S/c1-17-10-11-20-21(12-17)33-25-23(20)24(31)27-22(28-25)15-29(13-18-8-6-5-7-9-18)14-19(30)16-32-26(2,3)4/h5-9,17,19,30H,10-16H2,1-4H3,(H,27,28,31)/t17-,19+/m1/s1. The highest BCUT2D eigenvalue weighted by Crippen LogP contribution is 2.35. The highest BCUT2D eigenvalue weighted by molar-refractivity contribution is 7.18. The average Bonchev–Trinajstić information content (AvgIpc) is 3.10. The van der Waals surface area contributed by atoms with Crippen molar-refractivity contribution in [3.05, 3.63) is 62.5 Å². The Morgan fingerprint density at radius 2 is 2.03 bits per heavy atom. The Morgan fingerprint density at radius 1 is 1.27 bits per heavy atom. The third-order valence-electron chi connectivity index (χ3n) is 6.01.